The molecule has 0 saturated carbocycles. The number of carbonyl (C=O) groups excluding carboxylic acids is 1. The van der Waals surface area contributed by atoms with Gasteiger partial charge in [0.25, 0.3) is 0 Å². The fourth-order valence-corrected chi connectivity index (χ4v) is 2.37. The van der Waals surface area contributed by atoms with Crippen molar-refractivity contribution in [3.63, 3.8) is 0 Å². The van der Waals surface area contributed by atoms with Gasteiger partial charge in [-0.25, -0.2) is 4.79 Å². The van der Waals surface area contributed by atoms with E-state index in [1.54, 1.807) is 11.9 Å². The van der Waals surface area contributed by atoms with Crippen LogP contribution in [0.4, 0.5) is 4.79 Å². The molecule has 0 aliphatic heterocycles. The van der Waals surface area contributed by atoms with Crippen LogP contribution in [0.1, 0.15) is 32.8 Å². The lowest BCUT2D eigenvalue weighted by Crippen LogP contribution is -2.35. The minimum absolute atomic E-state index is 0.269. The number of nitrogens with one attached hydrogen (secondary N) is 2. The second-order valence-corrected chi connectivity index (χ2v) is 6.79. The number of hydrogen-bond acceptors (Lipinski definition) is 3. The summed E-state index contributed by atoms with van der Waals surface area (Å²) >= 11 is 0. The van der Waals surface area contributed by atoms with Gasteiger partial charge in [0.1, 0.15) is 5.60 Å². The summed E-state index contributed by atoms with van der Waals surface area (Å²) < 4.78 is 5.33. The Bertz CT molecular complexity index is 643. The predicted molar refractivity (Wildman–Crippen MR) is 93.5 cm³/mol. The smallest absolute Gasteiger partial charge is 0.410 e. The summed E-state index contributed by atoms with van der Waals surface area (Å²) in [7, 11) is 1.77. The van der Waals surface area contributed by atoms with E-state index in [2.05, 4.69) is 28.5 Å². The van der Waals surface area contributed by atoms with Crippen molar-refractivity contribution in [2.24, 2.45) is 0 Å². The van der Waals surface area contributed by atoms with Crippen molar-refractivity contribution in [3.8, 4) is 0 Å². The zero-order chi connectivity index (χ0) is 16.9. The van der Waals surface area contributed by atoms with Gasteiger partial charge in [-0.05, 0) is 45.4 Å². The van der Waals surface area contributed by atoms with Gasteiger partial charge < -0.3 is 19.9 Å². The molecule has 0 aliphatic carbocycles. The number of aromatic amines is 1. The van der Waals surface area contributed by atoms with E-state index in [0.29, 0.717) is 6.54 Å². The normalized spacial score (nSPS) is 11.7. The summed E-state index contributed by atoms with van der Waals surface area (Å²) in [5.41, 5.74) is 1.98. The average molecular weight is 317 g/mol. The summed E-state index contributed by atoms with van der Waals surface area (Å²) in [6.45, 7) is 7.98. The van der Waals surface area contributed by atoms with Crippen molar-refractivity contribution >= 4 is 17.0 Å². The maximum Gasteiger partial charge on any atom is 0.410 e. The van der Waals surface area contributed by atoms with Gasteiger partial charge in [0, 0.05) is 37.2 Å². The maximum absolute atomic E-state index is 11.8. The van der Waals surface area contributed by atoms with E-state index >= 15 is 0 Å². The van der Waals surface area contributed by atoms with Crippen molar-refractivity contribution < 1.29 is 9.53 Å². The van der Waals surface area contributed by atoms with Crippen LogP contribution in [0.25, 0.3) is 10.9 Å². The monoisotopic (exact) mass is 317 g/mol. The Morgan fingerprint density at radius 1 is 1.30 bits per heavy atom. The predicted octanol–water partition coefficient (Wildman–Crippen LogP) is 3.51. The first kappa shape index (κ1) is 17.3. The van der Waals surface area contributed by atoms with Crippen molar-refractivity contribution in [1.82, 2.24) is 15.2 Å². The summed E-state index contributed by atoms with van der Waals surface area (Å²) in [6.07, 6.45) is 2.66. The molecule has 0 atom stereocenters. The lowest BCUT2D eigenvalue weighted by atomic mass is 10.2. The van der Waals surface area contributed by atoms with E-state index < -0.39 is 5.60 Å². The van der Waals surface area contributed by atoms with Crippen LogP contribution in [0.2, 0.25) is 0 Å². The van der Waals surface area contributed by atoms with Gasteiger partial charge in [0.15, 0.2) is 0 Å². The fourth-order valence-electron chi connectivity index (χ4n) is 2.37. The molecule has 0 unspecified atom stereocenters. The number of benzene rings is 1. The zero-order valence-electron chi connectivity index (χ0n) is 14.5. The average Bonchev–Trinajstić information content (AvgIpc) is 2.88. The first-order valence-corrected chi connectivity index (χ1v) is 8.06. The Morgan fingerprint density at radius 3 is 2.78 bits per heavy atom. The molecule has 23 heavy (non-hydrogen) atoms. The first-order valence-electron chi connectivity index (χ1n) is 8.06. The van der Waals surface area contributed by atoms with E-state index in [4.69, 9.17) is 4.74 Å². The number of H-pyrrole nitrogens is 1. The number of hydrogen-bond donors (Lipinski definition) is 2. The highest BCUT2D eigenvalue weighted by Crippen LogP contribution is 2.17. The van der Waals surface area contributed by atoms with E-state index in [1.165, 1.54) is 10.9 Å². The molecule has 1 aromatic carbocycles. The van der Waals surface area contributed by atoms with Gasteiger partial charge in [-0.15, -0.1) is 0 Å². The number of amides is 1. The quantitative estimate of drug-likeness (QED) is 0.802. The number of carbonyl (C=O) groups is 1. The molecule has 0 radical (unpaired) electrons. The second-order valence-electron chi connectivity index (χ2n) is 6.79. The topological polar surface area (TPSA) is 57.4 Å². The van der Waals surface area contributed by atoms with E-state index in [9.17, 15) is 4.79 Å². The molecule has 2 N–H and O–H groups in total. The van der Waals surface area contributed by atoms with E-state index in [1.807, 2.05) is 33.0 Å². The highest BCUT2D eigenvalue weighted by atomic mass is 16.6. The molecule has 1 heterocycles. The number of para-hydroxylation sites is 1. The van der Waals surface area contributed by atoms with Crippen LogP contribution < -0.4 is 5.32 Å². The Labute approximate surface area is 138 Å². The molecule has 2 aromatic rings. The standard InChI is InChI=1S/C18H27N3O2/c1-18(2,3)23-17(22)21(4)11-7-10-19-12-14-13-20-16-9-6-5-8-15(14)16/h5-6,8-9,13,19-20H,7,10-12H2,1-4H3. The van der Waals surface area contributed by atoms with Crippen LogP contribution in [0, 0.1) is 0 Å². The molecular formula is C18H27N3O2. The molecule has 0 spiro atoms. The molecule has 0 aliphatic rings. The minimum atomic E-state index is -0.446. The summed E-state index contributed by atoms with van der Waals surface area (Å²) in [4.78, 5) is 16.7. The van der Waals surface area contributed by atoms with E-state index in [0.717, 1.165) is 25.0 Å². The van der Waals surface area contributed by atoms with Gasteiger partial charge in [-0.2, -0.15) is 0 Å². The van der Waals surface area contributed by atoms with Gasteiger partial charge in [-0.3, -0.25) is 0 Å². The van der Waals surface area contributed by atoms with Gasteiger partial charge in [0.05, 0.1) is 0 Å². The van der Waals surface area contributed by atoms with Gasteiger partial charge in [0.2, 0.25) is 0 Å². The summed E-state index contributed by atoms with van der Waals surface area (Å²) in [5, 5.41) is 4.68. The Hall–Kier alpha value is -2.01. The van der Waals surface area contributed by atoms with Crippen molar-refractivity contribution in [2.75, 3.05) is 20.1 Å². The lowest BCUT2D eigenvalue weighted by Gasteiger charge is -2.24. The Kier molecular flexibility index (Phi) is 5.66. The number of aromatic nitrogens is 1. The van der Waals surface area contributed by atoms with Crippen molar-refractivity contribution in [1.29, 1.82) is 0 Å². The Morgan fingerprint density at radius 2 is 2.04 bits per heavy atom. The van der Waals surface area contributed by atoms with Crippen molar-refractivity contribution in [2.45, 2.75) is 39.3 Å². The third-order valence-corrected chi connectivity index (χ3v) is 3.54. The highest BCUT2D eigenvalue weighted by Gasteiger charge is 2.18. The minimum Gasteiger partial charge on any atom is -0.444 e. The third-order valence-electron chi connectivity index (χ3n) is 3.54. The zero-order valence-corrected chi connectivity index (χ0v) is 14.5. The molecule has 5 nitrogen and oxygen atoms in total. The molecule has 0 fully saturated rings. The second kappa shape index (κ2) is 7.51. The molecule has 126 valence electrons. The lowest BCUT2D eigenvalue weighted by molar-refractivity contribution is 0.0297. The van der Waals surface area contributed by atoms with Crippen LogP contribution in [0.3, 0.4) is 0 Å². The molecule has 1 amide bonds. The van der Waals surface area contributed by atoms with Crippen LogP contribution >= 0.6 is 0 Å². The molecular weight excluding hydrogens is 290 g/mol. The van der Waals surface area contributed by atoms with Crippen LogP contribution in [0.15, 0.2) is 30.5 Å². The number of fused-ring (bicyclic) bond motifs is 1. The molecule has 2 rings (SSSR count). The molecule has 1 aromatic heterocycles. The van der Waals surface area contributed by atoms with Gasteiger partial charge in [-0.1, -0.05) is 18.2 Å². The number of nitrogens with zero attached hydrogens (tertiary/aromatic N) is 1. The maximum atomic E-state index is 11.8. The number of ether oxygens (including phenoxy) is 1. The van der Waals surface area contributed by atoms with E-state index in [-0.39, 0.29) is 6.09 Å². The molecule has 5 heteroatoms. The van der Waals surface area contributed by atoms with Crippen LogP contribution in [0.5, 0.6) is 0 Å². The fraction of sp³-hybridized carbons (Fsp3) is 0.500. The summed E-state index contributed by atoms with van der Waals surface area (Å²) in [6, 6.07) is 8.28. The van der Waals surface area contributed by atoms with Crippen LogP contribution in [-0.4, -0.2) is 41.7 Å². The van der Waals surface area contributed by atoms with Gasteiger partial charge >= 0.3 is 6.09 Å². The number of rotatable bonds is 6. The molecule has 0 bridgehead atoms. The largest absolute Gasteiger partial charge is 0.444 e. The first-order chi connectivity index (χ1) is 10.9. The van der Waals surface area contributed by atoms with Crippen LogP contribution in [-0.2, 0) is 11.3 Å². The molecule has 0 saturated heterocycles. The van der Waals surface area contributed by atoms with Crippen molar-refractivity contribution in [3.05, 3.63) is 36.0 Å². The summed E-state index contributed by atoms with van der Waals surface area (Å²) in [5.74, 6) is 0. The third kappa shape index (κ3) is 5.28. The Balaban J connectivity index is 1.69. The highest BCUT2D eigenvalue weighted by molar-refractivity contribution is 5.82. The SMILES string of the molecule is CN(CCCNCc1c[nH]c2ccccc12)C(=O)OC(C)(C)C.